The number of rotatable bonds is 2. The number of anilines is 1. The predicted octanol–water partition coefficient (Wildman–Crippen LogP) is 4.06. The van der Waals surface area contributed by atoms with Crippen molar-refractivity contribution in [2.45, 2.75) is 39.7 Å². The molecule has 2 unspecified atom stereocenters. The van der Waals surface area contributed by atoms with E-state index in [2.05, 4.69) is 26.1 Å². The van der Waals surface area contributed by atoms with Crippen LogP contribution >= 0.6 is 0 Å². The van der Waals surface area contributed by atoms with Crippen molar-refractivity contribution in [2.24, 2.45) is 11.3 Å². The van der Waals surface area contributed by atoms with Crippen LogP contribution in [0.5, 0.6) is 0 Å². The molecule has 1 N–H and O–H groups in total. The number of hydrogen-bond acceptors (Lipinski definition) is 1. The van der Waals surface area contributed by atoms with Gasteiger partial charge in [-0.15, -0.1) is 0 Å². The minimum absolute atomic E-state index is 0.171. The number of nitrogens with one attached hydrogen (secondary N) is 1. The van der Waals surface area contributed by atoms with Crippen molar-refractivity contribution in [1.29, 1.82) is 0 Å². The molecule has 1 fully saturated rings. The van der Waals surface area contributed by atoms with Gasteiger partial charge in [0.25, 0.3) is 0 Å². The summed E-state index contributed by atoms with van der Waals surface area (Å²) in [6.45, 7) is 6.87. The van der Waals surface area contributed by atoms with Crippen LogP contribution in [-0.2, 0) is 0 Å². The van der Waals surface area contributed by atoms with Crippen molar-refractivity contribution in [3.63, 3.8) is 0 Å². The average molecular weight is 221 g/mol. The Hall–Kier alpha value is -1.05. The number of halogens is 1. The summed E-state index contributed by atoms with van der Waals surface area (Å²) in [5, 5.41) is 3.45. The van der Waals surface area contributed by atoms with Crippen LogP contribution in [0.1, 0.15) is 33.6 Å². The zero-order valence-corrected chi connectivity index (χ0v) is 10.3. The minimum Gasteiger partial charge on any atom is -0.382 e. The zero-order valence-electron chi connectivity index (χ0n) is 10.3. The predicted molar refractivity (Wildman–Crippen MR) is 66.0 cm³/mol. The third kappa shape index (κ3) is 2.55. The Balaban J connectivity index is 2.06. The van der Waals surface area contributed by atoms with Crippen molar-refractivity contribution in [1.82, 2.24) is 0 Å². The smallest absolute Gasteiger partial charge is 0.125 e. The summed E-state index contributed by atoms with van der Waals surface area (Å²) >= 11 is 0. The lowest BCUT2D eigenvalue weighted by atomic mass is 9.91. The van der Waals surface area contributed by atoms with Crippen molar-refractivity contribution in [3.8, 4) is 0 Å². The molecule has 88 valence electrons. The normalized spacial score (nSPS) is 28.0. The van der Waals surface area contributed by atoms with E-state index in [1.165, 1.54) is 12.5 Å². The monoisotopic (exact) mass is 221 g/mol. The fraction of sp³-hybridized carbons (Fsp3) is 0.571. The van der Waals surface area contributed by atoms with Gasteiger partial charge in [-0.2, -0.15) is 0 Å². The second-order valence-corrected chi connectivity index (χ2v) is 5.81. The summed E-state index contributed by atoms with van der Waals surface area (Å²) in [7, 11) is 0. The molecule has 0 aromatic heterocycles. The van der Waals surface area contributed by atoms with Crippen molar-refractivity contribution in [3.05, 3.63) is 30.1 Å². The maximum absolute atomic E-state index is 13.1. The first-order valence-electron chi connectivity index (χ1n) is 5.98. The van der Waals surface area contributed by atoms with Crippen LogP contribution < -0.4 is 5.32 Å². The third-order valence-corrected chi connectivity index (χ3v) is 3.51. The van der Waals surface area contributed by atoms with E-state index in [-0.39, 0.29) is 5.82 Å². The van der Waals surface area contributed by atoms with Gasteiger partial charge in [0.05, 0.1) is 0 Å². The molecular formula is C14H20FN. The molecule has 0 bridgehead atoms. The van der Waals surface area contributed by atoms with Gasteiger partial charge in [-0.05, 0) is 42.4 Å². The Morgan fingerprint density at radius 2 is 2.06 bits per heavy atom. The minimum atomic E-state index is -0.171. The highest BCUT2D eigenvalue weighted by molar-refractivity contribution is 5.44. The maximum Gasteiger partial charge on any atom is 0.125 e. The SMILES string of the molecule is CC1CC(C)(C)CC1Nc1cccc(F)c1. The van der Waals surface area contributed by atoms with Crippen LogP contribution in [0.4, 0.5) is 10.1 Å². The van der Waals surface area contributed by atoms with Gasteiger partial charge in [-0.25, -0.2) is 4.39 Å². The van der Waals surface area contributed by atoms with Gasteiger partial charge in [0.2, 0.25) is 0 Å². The number of hydrogen-bond donors (Lipinski definition) is 1. The lowest BCUT2D eigenvalue weighted by Gasteiger charge is -2.19. The van der Waals surface area contributed by atoms with E-state index in [4.69, 9.17) is 0 Å². The lowest BCUT2D eigenvalue weighted by Crippen LogP contribution is -2.22. The first kappa shape index (κ1) is 11.4. The summed E-state index contributed by atoms with van der Waals surface area (Å²) in [5.41, 5.74) is 1.30. The molecule has 0 saturated heterocycles. The van der Waals surface area contributed by atoms with Crippen LogP contribution in [0.3, 0.4) is 0 Å². The van der Waals surface area contributed by atoms with Gasteiger partial charge in [0.15, 0.2) is 0 Å². The summed E-state index contributed by atoms with van der Waals surface area (Å²) in [5.74, 6) is 0.480. The lowest BCUT2D eigenvalue weighted by molar-refractivity contribution is 0.366. The fourth-order valence-corrected chi connectivity index (χ4v) is 2.88. The van der Waals surface area contributed by atoms with Crippen LogP contribution in [0, 0.1) is 17.2 Å². The highest BCUT2D eigenvalue weighted by Gasteiger charge is 2.36. The van der Waals surface area contributed by atoms with Gasteiger partial charge in [0.1, 0.15) is 5.82 Å². The first-order chi connectivity index (χ1) is 7.46. The molecule has 2 heteroatoms. The van der Waals surface area contributed by atoms with Crippen LogP contribution in [0.15, 0.2) is 24.3 Å². The Bertz CT molecular complexity index is 373. The molecule has 1 aromatic carbocycles. The first-order valence-corrected chi connectivity index (χ1v) is 5.98. The molecule has 0 radical (unpaired) electrons. The molecule has 1 aliphatic carbocycles. The molecule has 0 spiro atoms. The van der Waals surface area contributed by atoms with E-state index in [9.17, 15) is 4.39 Å². The molecule has 0 aliphatic heterocycles. The molecule has 1 saturated carbocycles. The van der Waals surface area contributed by atoms with Crippen LogP contribution in [0.2, 0.25) is 0 Å². The quantitative estimate of drug-likeness (QED) is 0.794. The molecule has 2 atom stereocenters. The molecule has 0 amide bonds. The van der Waals surface area contributed by atoms with Gasteiger partial charge < -0.3 is 5.32 Å². The Morgan fingerprint density at radius 3 is 2.62 bits per heavy atom. The van der Waals surface area contributed by atoms with E-state index in [0.717, 1.165) is 12.1 Å². The maximum atomic E-state index is 13.1. The van der Waals surface area contributed by atoms with E-state index < -0.39 is 0 Å². The van der Waals surface area contributed by atoms with Crippen molar-refractivity contribution in [2.75, 3.05) is 5.32 Å². The van der Waals surface area contributed by atoms with E-state index in [1.807, 2.05) is 6.07 Å². The Kier molecular flexibility index (Phi) is 2.92. The summed E-state index contributed by atoms with van der Waals surface area (Å²) < 4.78 is 13.1. The topological polar surface area (TPSA) is 12.0 Å². The van der Waals surface area contributed by atoms with Gasteiger partial charge in [-0.3, -0.25) is 0 Å². The fourth-order valence-electron chi connectivity index (χ4n) is 2.88. The third-order valence-electron chi connectivity index (χ3n) is 3.51. The van der Waals surface area contributed by atoms with E-state index >= 15 is 0 Å². The molecule has 1 aromatic rings. The summed E-state index contributed by atoms with van der Waals surface area (Å²) in [4.78, 5) is 0. The Labute approximate surface area is 97.1 Å². The molecule has 2 rings (SSSR count). The number of benzene rings is 1. The van der Waals surface area contributed by atoms with E-state index in [0.29, 0.717) is 17.4 Å². The molecule has 1 nitrogen and oxygen atoms in total. The van der Waals surface area contributed by atoms with Crippen LogP contribution in [-0.4, -0.2) is 6.04 Å². The van der Waals surface area contributed by atoms with Crippen molar-refractivity contribution >= 4 is 5.69 Å². The van der Waals surface area contributed by atoms with E-state index in [1.54, 1.807) is 12.1 Å². The highest BCUT2D eigenvalue weighted by Crippen LogP contribution is 2.42. The largest absolute Gasteiger partial charge is 0.382 e. The van der Waals surface area contributed by atoms with Gasteiger partial charge in [0, 0.05) is 11.7 Å². The molecular weight excluding hydrogens is 201 g/mol. The van der Waals surface area contributed by atoms with Crippen molar-refractivity contribution < 1.29 is 4.39 Å². The van der Waals surface area contributed by atoms with Gasteiger partial charge in [-0.1, -0.05) is 26.8 Å². The molecule has 1 aliphatic rings. The van der Waals surface area contributed by atoms with Gasteiger partial charge >= 0.3 is 0 Å². The average Bonchev–Trinajstić information content (AvgIpc) is 2.39. The summed E-state index contributed by atoms with van der Waals surface area (Å²) in [6.07, 6.45) is 2.39. The standard InChI is InChI=1S/C14H20FN/c1-10-8-14(2,3)9-13(10)16-12-6-4-5-11(15)7-12/h4-7,10,13,16H,8-9H2,1-3H3. The highest BCUT2D eigenvalue weighted by atomic mass is 19.1. The Morgan fingerprint density at radius 1 is 1.31 bits per heavy atom. The second-order valence-electron chi connectivity index (χ2n) is 5.81. The zero-order chi connectivity index (χ0) is 11.8. The second kappa shape index (κ2) is 4.08. The molecule has 16 heavy (non-hydrogen) atoms. The molecule has 0 heterocycles. The summed E-state index contributed by atoms with van der Waals surface area (Å²) in [6, 6.07) is 7.20. The van der Waals surface area contributed by atoms with Crippen LogP contribution in [0.25, 0.3) is 0 Å².